The molecule has 72 valence electrons. The third-order valence-corrected chi connectivity index (χ3v) is 2.52. The fraction of sp³-hybridized carbons (Fsp3) is 1.00. The molecular formula is C8H14F3N. The molecule has 0 aromatic carbocycles. The SMILES string of the molecule is CCNC1C[C@H](C)C1C(F)(F)F. The first-order chi connectivity index (χ1) is 5.46. The number of alkyl halides is 3. The molecule has 1 aliphatic rings. The van der Waals surface area contributed by atoms with Gasteiger partial charge in [-0.2, -0.15) is 13.2 Å². The second kappa shape index (κ2) is 3.24. The molecule has 0 aromatic rings. The summed E-state index contributed by atoms with van der Waals surface area (Å²) in [6.45, 7) is 4.10. The van der Waals surface area contributed by atoms with Gasteiger partial charge in [0, 0.05) is 6.04 Å². The monoisotopic (exact) mass is 181 g/mol. The third-order valence-electron chi connectivity index (χ3n) is 2.52. The van der Waals surface area contributed by atoms with Crippen molar-refractivity contribution in [3.05, 3.63) is 0 Å². The molecule has 0 amide bonds. The smallest absolute Gasteiger partial charge is 0.314 e. The fourth-order valence-corrected chi connectivity index (χ4v) is 1.92. The molecule has 0 heterocycles. The van der Waals surface area contributed by atoms with Gasteiger partial charge in [0.1, 0.15) is 0 Å². The molecule has 0 bridgehead atoms. The Hall–Kier alpha value is -0.250. The van der Waals surface area contributed by atoms with E-state index in [1.807, 2.05) is 6.92 Å². The van der Waals surface area contributed by atoms with Gasteiger partial charge in [-0.25, -0.2) is 0 Å². The van der Waals surface area contributed by atoms with E-state index in [9.17, 15) is 13.2 Å². The molecule has 2 unspecified atom stereocenters. The van der Waals surface area contributed by atoms with Gasteiger partial charge in [0.25, 0.3) is 0 Å². The summed E-state index contributed by atoms with van der Waals surface area (Å²) >= 11 is 0. The summed E-state index contributed by atoms with van der Waals surface area (Å²) < 4.78 is 36.9. The van der Waals surface area contributed by atoms with Gasteiger partial charge < -0.3 is 5.32 Å². The first-order valence-electron chi connectivity index (χ1n) is 4.27. The minimum atomic E-state index is -4.02. The number of nitrogens with one attached hydrogen (secondary N) is 1. The lowest BCUT2D eigenvalue weighted by molar-refractivity contribution is -0.220. The number of hydrogen-bond acceptors (Lipinski definition) is 1. The van der Waals surface area contributed by atoms with Gasteiger partial charge in [-0.15, -0.1) is 0 Å². The second-order valence-electron chi connectivity index (χ2n) is 3.44. The Bertz CT molecular complexity index is 153. The van der Waals surface area contributed by atoms with Crippen molar-refractivity contribution in [1.29, 1.82) is 0 Å². The number of halogens is 3. The van der Waals surface area contributed by atoms with Crippen molar-refractivity contribution in [2.45, 2.75) is 32.5 Å². The fourth-order valence-electron chi connectivity index (χ4n) is 1.92. The van der Waals surface area contributed by atoms with Gasteiger partial charge in [0.2, 0.25) is 0 Å². The maximum absolute atomic E-state index is 12.3. The van der Waals surface area contributed by atoms with Crippen LogP contribution >= 0.6 is 0 Å². The van der Waals surface area contributed by atoms with E-state index < -0.39 is 12.1 Å². The minimum Gasteiger partial charge on any atom is -0.314 e. The third kappa shape index (κ3) is 1.73. The highest BCUT2D eigenvalue weighted by molar-refractivity contribution is 4.95. The van der Waals surface area contributed by atoms with Crippen LogP contribution in [0.25, 0.3) is 0 Å². The van der Waals surface area contributed by atoms with Gasteiger partial charge in [-0.3, -0.25) is 0 Å². The Morgan fingerprint density at radius 1 is 1.42 bits per heavy atom. The lowest BCUT2D eigenvalue weighted by Crippen LogP contribution is -2.55. The molecule has 1 nitrogen and oxygen atoms in total. The van der Waals surface area contributed by atoms with Crippen molar-refractivity contribution in [1.82, 2.24) is 5.32 Å². The van der Waals surface area contributed by atoms with Gasteiger partial charge in [-0.05, 0) is 18.9 Å². The number of rotatable bonds is 2. The van der Waals surface area contributed by atoms with E-state index in [1.165, 1.54) is 0 Å². The first-order valence-corrected chi connectivity index (χ1v) is 4.27. The van der Waals surface area contributed by atoms with Crippen LogP contribution in [0.2, 0.25) is 0 Å². The van der Waals surface area contributed by atoms with Crippen molar-refractivity contribution in [2.24, 2.45) is 11.8 Å². The van der Waals surface area contributed by atoms with E-state index >= 15 is 0 Å². The predicted molar refractivity (Wildman–Crippen MR) is 40.8 cm³/mol. The number of hydrogen-bond donors (Lipinski definition) is 1. The van der Waals surface area contributed by atoms with Crippen molar-refractivity contribution in [3.63, 3.8) is 0 Å². The van der Waals surface area contributed by atoms with Crippen molar-refractivity contribution < 1.29 is 13.2 Å². The van der Waals surface area contributed by atoms with Crippen LogP contribution in [0.3, 0.4) is 0 Å². The maximum atomic E-state index is 12.3. The zero-order valence-electron chi connectivity index (χ0n) is 7.28. The Kier molecular flexibility index (Phi) is 2.66. The summed E-state index contributed by atoms with van der Waals surface area (Å²) in [6.07, 6.45) is -3.37. The van der Waals surface area contributed by atoms with Crippen LogP contribution in [0.1, 0.15) is 20.3 Å². The molecule has 4 heteroatoms. The van der Waals surface area contributed by atoms with Crippen LogP contribution in [0.15, 0.2) is 0 Å². The van der Waals surface area contributed by atoms with Crippen molar-refractivity contribution >= 4 is 0 Å². The molecule has 1 fully saturated rings. The molecule has 1 saturated carbocycles. The van der Waals surface area contributed by atoms with E-state index in [0.717, 1.165) is 0 Å². The molecule has 0 aromatic heterocycles. The van der Waals surface area contributed by atoms with E-state index in [2.05, 4.69) is 5.32 Å². The van der Waals surface area contributed by atoms with E-state index in [4.69, 9.17) is 0 Å². The molecule has 0 saturated heterocycles. The highest BCUT2D eigenvalue weighted by Crippen LogP contribution is 2.45. The van der Waals surface area contributed by atoms with E-state index in [0.29, 0.717) is 13.0 Å². The summed E-state index contributed by atoms with van der Waals surface area (Å²) in [7, 11) is 0. The van der Waals surface area contributed by atoms with E-state index in [-0.39, 0.29) is 12.0 Å². The lowest BCUT2D eigenvalue weighted by Gasteiger charge is -2.44. The molecule has 0 spiro atoms. The first kappa shape index (κ1) is 9.84. The van der Waals surface area contributed by atoms with Crippen LogP contribution in [0, 0.1) is 11.8 Å². The Labute approximate surface area is 70.3 Å². The molecule has 0 radical (unpaired) electrons. The standard InChI is InChI=1S/C8H14F3N/c1-3-12-6-4-5(2)7(6)8(9,10)11/h5-7,12H,3-4H2,1-2H3/t5-,6?,7?/m0/s1. The highest BCUT2D eigenvalue weighted by atomic mass is 19.4. The summed E-state index contributed by atoms with van der Waals surface area (Å²) in [4.78, 5) is 0. The molecule has 3 atom stereocenters. The average Bonchev–Trinajstić information content (AvgIpc) is 1.82. The van der Waals surface area contributed by atoms with Crippen molar-refractivity contribution in [3.8, 4) is 0 Å². The predicted octanol–water partition coefficient (Wildman–Crippen LogP) is 2.18. The summed E-state index contributed by atoms with van der Waals surface area (Å²) in [5.74, 6) is -1.34. The molecule has 1 N–H and O–H groups in total. The normalized spacial score (nSPS) is 36.2. The minimum absolute atomic E-state index is 0.214. The maximum Gasteiger partial charge on any atom is 0.393 e. The average molecular weight is 181 g/mol. The molecule has 1 aliphatic carbocycles. The molecule has 1 rings (SSSR count). The summed E-state index contributed by atoms with van der Waals surface area (Å²) in [5, 5.41) is 2.85. The lowest BCUT2D eigenvalue weighted by atomic mass is 9.70. The van der Waals surface area contributed by atoms with Crippen LogP contribution in [-0.4, -0.2) is 18.8 Å². The van der Waals surface area contributed by atoms with Crippen LogP contribution in [0.5, 0.6) is 0 Å². The molecular weight excluding hydrogens is 167 g/mol. The summed E-state index contributed by atoms with van der Waals surface area (Å²) in [6, 6.07) is -0.343. The van der Waals surface area contributed by atoms with Gasteiger partial charge >= 0.3 is 6.18 Å². The summed E-state index contributed by atoms with van der Waals surface area (Å²) in [5.41, 5.74) is 0. The zero-order chi connectivity index (χ0) is 9.35. The quantitative estimate of drug-likeness (QED) is 0.688. The van der Waals surface area contributed by atoms with Gasteiger partial charge in [0.15, 0.2) is 0 Å². The molecule has 12 heavy (non-hydrogen) atoms. The Morgan fingerprint density at radius 3 is 2.33 bits per heavy atom. The topological polar surface area (TPSA) is 12.0 Å². The van der Waals surface area contributed by atoms with Gasteiger partial charge in [-0.1, -0.05) is 13.8 Å². The van der Waals surface area contributed by atoms with Crippen LogP contribution in [-0.2, 0) is 0 Å². The zero-order valence-corrected chi connectivity index (χ0v) is 7.28. The van der Waals surface area contributed by atoms with Crippen LogP contribution in [0.4, 0.5) is 13.2 Å². The van der Waals surface area contributed by atoms with Gasteiger partial charge in [0.05, 0.1) is 5.92 Å². The second-order valence-corrected chi connectivity index (χ2v) is 3.44. The highest BCUT2D eigenvalue weighted by Gasteiger charge is 2.53. The Balaban J connectivity index is 2.50. The van der Waals surface area contributed by atoms with Crippen LogP contribution < -0.4 is 5.32 Å². The van der Waals surface area contributed by atoms with E-state index in [1.54, 1.807) is 6.92 Å². The molecule has 0 aliphatic heterocycles. The largest absolute Gasteiger partial charge is 0.393 e. The Morgan fingerprint density at radius 2 is 2.00 bits per heavy atom. The van der Waals surface area contributed by atoms with Crippen molar-refractivity contribution in [2.75, 3.05) is 6.54 Å².